The first-order valence-corrected chi connectivity index (χ1v) is 23.6. The molecule has 6 unspecified atom stereocenters. The number of benzene rings is 4. The Bertz CT molecular complexity index is 2540. The van der Waals surface area contributed by atoms with Gasteiger partial charge in [0.25, 0.3) is 5.69 Å². The number of oxime groups is 1. The molecule has 0 spiro atoms. The Morgan fingerprint density at radius 2 is 1.68 bits per heavy atom. The van der Waals surface area contributed by atoms with E-state index in [1.54, 1.807) is 47.4 Å². The van der Waals surface area contributed by atoms with Crippen LogP contribution in [0.5, 0.6) is 28.7 Å². The van der Waals surface area contributed by atoms with Crippen LogP contribution in [0.4, 0.5) is 14.9 Å². The molecule has 69 heavy (non-hydrogen) atoms. The molecular formula is C53H60FN3O12. The Hall–Kier alpha value is -6.49. The zero-order valence-electron chi connectivity index (χ0n) is 39.2. The second kappa shape index (κ2) is 21.4. The van der Waals surface area contributed by atoms with Crippen LogP contribution in [0.2, 0.25) is 0 Å². The maximum atomic E-state index is 15.2. The summed E-state index contributed by atoms with van der Waals surface area (Å²) in [5, 5.41) is 36.5. The number of ether oxygens (including phenoxy) is 6. The molecule has 4 aromatic carbocycles. The van der Waals surface area contributed by atoms with Gasteiger partial charge in [-0.1, -0.05) is 54.4 Å². The Labute approximate surface area is 401 Å². The standard InChI is InChI=1S/C53H60FN3O12/c1-5-26-66-53-48(56(31-34-16-22-46-47(27-34)65-33-64-46)51(60)67-38-19-17-37(18-20-38)57(61)62)30-44(55-69-52(2,3)4)41-28-35(12-8-10-24-58)40(14-9-11-25-59)49(50(41)53)42-29-39(21-23-45(42)68-53)63-32-36-13-6-7-15-43(36)54/h5-7,13,15-23,27-29,35,40,48-50,58-59H,1,8-12,14,24-26,30-33H2,2-4H3. The highest BCUT2D eigenvalue weighted by Gasteiger charge is 2.66. The van der Waals surface area contributed by atoms with Crippen molar-refractivity contribution in [2.24, 2.45) is 22.9 Å². The lowest BCUT2D eigenvalue weighted by Gasteiger charge is -2.60. The highest BCUT2D eigenvalue weighted by atomic mass is 19.1. The van der Waals surface area contributed by atoms with Crippen LogP contribution in [0.3, 0.4) is 0 Å². The lowest BCUT2D eigenvalue weighted by atomic mass is 9.55. The number of unbranched alkanes of at least 4 members (excludes halogenated alkanes) is 2. The highest BCUT2D eigenvalue weighted by Crippen LogP contribution is 2.62. The number of allylic oxidation sites excluding steroid dienone is 1. The van der Waals surface area contributed by atoms with Gasteiger partial charge in [-0.3, -0.25) is 15.0 Å². The number of carbonyl (C=O) groups is 1. The van der Waals surface area contributed by atoms with Gasteiger partial charge >= 0.3 is 6.09 Å². The summed E-state index contributed by atoms with van der Waals surface area (Å²) in [6, 6.07) is 21.7. The van der Waals surface area contributed by atoms with E-state index in [0.29, 0.717) is 65.5 Å². The van der Waals surface area contributed by atoms with E-state index in [4.69, 9.17) is 38.4 Å². The van der Waals surface area contributed by atoms with Gasteiger partial charge in [-0.25, -0.2) is 9.18 Å². The van der Waals surface area contributed by atoms with Crippen molar-refractivity contribution >= 4 is 17.5 Å². The maximum absolute atomic E-state index is 15.2. The maximum Gasteiger partial charge on any atom is 0.416 e. The third-order valence-electron chi connectivity index (χ3n) is 13.1. The van der Waals surface area contributed by atoms with Gasteiger partial charge in [0.15, 0.2) is 11.5 Å². The topological polar surface area (TPSA) is 181 Å². The summed E-state index contributed by atoms with van der Waals surface area (Å²) in [4.78, 5) is 34.0. The van der Waals surface area contributed by atoms with E-state index in [2.05, 4.69) is 12.7 Å². The average Bonchev–Trinajstić information content (AvgIpc) is 3.81. The van der Waals surface area contributed by atoms with E-state index in [9.17, 15) is 24.7 Å². The van der Waals surface area contributed by atoms with Gasteiger partial charge in [0.05, 0.1) is 23.2 Å². The Kier molecular flexibility index (Phi) is 15.2. The highest BCUT2D eigenvalue weighted by molar-refractivity contribution is 6.03. The van der Waals surface area contributed by atoms with Crippen molar-refractivity contribution in [2.75, 3.05) is 26.6 Å². The minimum Gasteiger partial charge on any atom is -0.489 e. The number of rotatable bonds is 20. The van der Waals surface area contributed by atoms with Crippen LogP contribution in [-0.4, -0.2) is 75.9 Å². The zero-order valence-corrected chi connectivity index (χ0v) is 39.2. The van der Waals surface area contributed by atoms with E-state index >= 15 is 4.79 Å². The van der Waals surface area contributed by atoms with E-state index in [-0.39, 0.29) is 81.2 Å². The molecular weight excluding hydrogens is 890 g/mol. The van der Waals surface area contributed by atoms with Crippen LogP contribution >= 0.6 is 0 Å². The quantitative estimate of drug-likeness (QED) is 0.0371. The van der Waals surface area contributed by atoms with Gasteiger partial charge in [0, 0.05) is 55.4 Å². The minimum absolute atomic E-state index is 0.0154. The molecule has 0 saturated heterocycles. The molecule has 16 heteroatoms. The number of hydrogen-bond acceptors (Lipinski definition) is 13. The Morgan fingerprint density at radius 3 is 2.41 bits per heavy atom. The molecule has 2 heterocycles. The van der Waals surface area contributed by atoms with Crippen LogP contribution in [0.15, 0.2) is 114 Å². The van der Waals surface area contributed by atoms with Crippen LogP contribution < -0.4 is 23.7 Å². The van der Waals surface area contributed by atoms with Crippen molar-refractivity contribution in [3.05, 3.63) is 142 Å². The van der Waals surface area contributed by atoms with Gasteiger partial charge in [-0.15, -0.1) is 6.58 Å². The van der Waals surface area contributed by atoms with Gasteiger partial charge in [0.2, 0.25) is 12.6 Å². The lowest BCUT2D eigenvalue weighted by Crippen LogP contribution is -2.70. The van der Waals surface area contributed by atoms with Crippen molar-refractivity contribution in [3.63, 3.8) is 0 Å². The minimum atomic E-state index is -1.65. The molecule has 0 aromatic heterocycles. The normalized spacial score (nSPS) is 22.7. The predicted molar refractivity (Wildman–Crippen MR) is 254 cm³/mol. The fourth-order valence-electron chi connectivity index (χ4n) is 10.0. The first-order chi connectivity index (χ1) is 33.3. The van der Waals surface area contributed by atoms with Crippen LogP contribution in [-0.2, 0) is 22.7 Å². The summed E-state index contributed by atoms with van der Waals surface area (Å²) >= 11 is 0. The number of amides is 1. The molecule has 2 aliphatic heterocycles. The number of carbonyl (C=O) groups excluding carboxylic acids is 1. The lowest BCUT2D eigenvalue weighted by molar-refractivity contribution is -0.384. The number of nitro groups is 1. The smallest absolute Gasteiger partial charge is 0.416 e. The van der Waals surface area contributed by atoms with Gasteiger partial charge < -0.3 is 43.5 Å². The fraction of sp³-hybridized carbons (Fsp3) is 0.434. The third kappa shape index (κ3) is 10.9. The SMILES string of the molecule is C=CCOC12Oc3ccc(OCc4ccccc4F)cc3C3C(CCCCO)C(CCCCO)C=C(C(=NOC(C)(C)C)CC1N(Cc1ccc4c(c1)OCO4)C(=O)Oc1ccc([N+](=O)[O-])cc1)C32. The number of nitro benzene ring substituents is 1. The predicted octanol–water partition coefficient (Wildman–Crippen LogP) is 10.2. The summed E-state index contributed by atoms with van der Waals surface area (Å²) < 4.78 is 53.2. The third-order valence-corrected chi connectivity index (χ3v) is 13.1. The molecule has 1 amide bonds. The second-order valence-electron chi connectivity index (χ2n) is 18.8. The molecule has 2 aliphatic carbocycles. The van der Waals surface area contributed by atoms with E-state index in [0.717, 1.165) is 24.0 Å². The number of non-ortho nitro benzene ring substituents is 1. The largest absolute Gasteiger partial charge is 0.489 e. The van der Waals surface area contributed by atoms with Crippen molar-refractivity contribution in [1.82, 2.24) is 4.90 Å². The van der Waals surface area contributed by atoms with E-state index in [1.807, 2.05) is 39.0 Å². The molecule has 8 rings (SSSR count). The van der Waals surface area contributed by atoms with E-state index < -0.39 is 34.4 Å². The van der Waals surface area contributed by atoms with Crippen LogP contribution in [0, 0.1) is 33.7 Å². The van der Waals surface area contributed by atoms with Crippen molar-refractivity contribution in [1.29, 1.82) is 0 Å². The molecule has 0 bridgehead atoms. The summed E-state index contributed by atoms with van der Waals surface area (Å²) in [7, 11) is 0. The number of aliphatic hydroxyl groups excluding tert-OH is 2. The number of nitrogens with zero attached hydrogens (tertiary/aromatic N) is 3. The monoisotopic (exact) mass is 949 g/mol. The van der Waals surface area contributed by atoms with Crippen molar-refractivity contribution in [2.45, 2.75) is 102 Å². The van der Waals surface area contributed by atoms with Crippen LogP contribution in [0.25, 0.3) is 0 Å². The van der Waals surface area contributed by atoms with Gasteiger partial charge in [-0.05, 0) is 118 Å². The Morgan fingerprint density at radius 1 is 0.957 bits per heavy atom. The molecule has 4 aromatic rings. The first kappa shape index (κ1) is 48.9. The average molecular weight is 950 g/mol. The second-order valence-corrected chi connectivity index (χ2v) is 18.8. The molecule has 4 aliphatic rings. The molecule has 366 valence electrons. The molecule has 1 saturated carbocycles. The zero-order chi connectivity index (χ0) is 48.7. The molecule has 1 fully saturated rings. The molecule has 0 radical (unpaired) electrons. The number of fused-ring (bicyclic) bond motifs is 3. The van der Waals surface area contributed by atoms with E-state index in [1.165, 1.54) is 30.3 Å². The molecule has 6 atom stereocenters. The van der Waals surface area contributed by atoms with Crippen LogP contribution in [0.1, 0.15) is 88.3 Å². The van der Waals surface area contributed by atoms with Crippen molar-refractivity contribution < 1.29 is 57.6 Å². The fourth-order valence-corrected chi connectivity index (χ4v) is 10.0. The molecule has 15 nitrogen and oxygen atoms in total. The number of aliphatic hydroxyl groups is 2. The number of hydrogen-bond donors (Lipinski definition) is 2. The Balaban J connectivity index is 1.33. The summed E-state index contributed by atoms with van der Waals surface area (Å²) in [6.45, 7) is 9.79. The van der Waals surface area contributed by atoms with Crippen molar-refractivity contribution in [3.8, 4) is 28.7 Å². The molecule has 2 N–H and O–H groups in total. The number of halogens is 1. The summed E-state index contributed by atoms with van der Waals surface area (Å²) in [6.07, 6.45) is 7.24. The van der Waals surface area contributed by atoms with Gasteiger partial charge in [0.1, 0.15) is 41.3 Å². The van der Waals surface area contributed by atoms with Gasteiger partial charge in [-0.2, -0.15) is 0 Å². The summed E-state index contributed by atoms with van der Waals surface area (Å²) in [5.74, 6) is -1.07. The summed E-state index contributed by atoms with van der Waals surface area (Å²) in [5.41, 5.74) is 2.41. The first-order valence-electron chi connectivity index (χ1n) is 23.6.